The third-order valence-electron chi connectivity index (χ3n) is 2.72. The molecule has 0 aromatic heterocycles. The van der Waals surface area contributed by atoms with Crippen molar-refractivity contribution in [2.45, 2.75) is 6.04 Å². The van der Waals surface area contributed by atoms with Crippen molar-refractivity contribution in [2.75, 3.05) is 11.6 Å². The maximum absolute atomic E-state index is 11.9. The first-order chi connectivity index (χ1) is 9.08. The van der Waals surface area contributed by atoms with E-state index in [0.717, 1.165) is 5.56 Å². The average Bonchev–Trinajstić information content (AvgIpc) is 2.85. The van der Waals surface area contributed by atoms with Gasteiger partial charge in [-0.3, -0.25) is 4.79 Å². The molecular weight excluding hydrogens is 286 g/mol. The van der Waals surface area contributed by atoms with Gasteiger partial charge in [-0.15, -0.1) is 11.8 Å². The van der Waals surface area contributed by atoms with Gasteiger partial charge in [0.05, 0.1) is 5.88 Å². The predicted octanol–water partition coefficient (Wildman–Crippen LogP) is 2.34. The van der Waals surface area contributed by atoms with Gasteiger partial charge in [0, 0.05) is 16.9 Å². The van der Waals surface area contributed by atoms with Gasteiger partial charge >= 0.3 is 5.97 Å². The Kier molecular flexibility index (Phi) is 4.50. The zero-order valence-electron chi connectivity index (χ0n) is 9.95. The smallest absolute Gasteiger partial charge is 0.327 e. The second-order valence-electron chi connectivity index (χ2n) is 4.05. The summed E-state index contributed by atoms with van der Waals surface area (Å²) in [5, 5.41) is 9.60. The highest BCUT2D eigenvalue weighted by Crippen LogP contribution is 2.21. The van der Waals surface area contributed by atoms with E-state index in [2.05, 4.69) is 0 Å². The van der Waals surface area contributed by atoms with Crippen molar-refractivity contribution in [2.24, 2.45) is 0 Å². The molecule has 1 N–H and O–H groups in total. The lowest BCUT2D eigenvalue weighted by atomic mass is 10.2. The van der Waals surface area contributed by atoms with Crippen LogP contribution in [-0.2, 0) is 9.59 Å². The number of benzene rings is 1. The number of amides is 1. The van der Waals surface area contributed by atoms with Crippen LogP contribution >= 0.6 is 23.4 Å². The quantitative estimate of drug-likeness (QED) is 0.870. The van der Waals surface area contributed by atoms with E-state index in [-0.39, 0.29) is 5.91 Å². The third-order valence-corrected chi connectivity index (χ3v) is 3.96. The first-order valence-corrected chi connectivity index (χ1v) is 7.16. The maximum Gasteiger partial charge on any atom is 0.327 e. The van der Waals surface area contributed by atoms with Crippen molar-refractivity contribution in [1.29, 1.82) is 0 Å². The van der Waals surface area contributed by atoms with Gasteiger partial charge in [0.25, 0.3) is 0 Å². The molecule has 1 saturated heterocycles. The Labute approximate surface area is 120 Å². The normalized spacial score (nSPS) is 19.0. The van der Waals surface area contributed by atoms with Gasteiger partial charge in [-0.2, -0.15) is 0 Å². The fourth-order valence-corrected chi connectivity index (χ4v) is 3.09. The second-order valence-corrected chi connectivity index (χ2v) is 5.49. The highest BCUT2D eigenvalue weighted by Gasteiger charge is 2.33. The Morgan fingerprint density at radius 2 is 2.26 bits per heavy atom. The van der Waals surface area contributed by atoms with E-state index in [4.69, 9.17) is 16.7 Å². The molecule has 0 aliphatic carbocycles. The molecule has 4 nitrogen and oxygen atoms in total. The fraction of sp³-hybridized carbons (Fsp3) is 0.231. The largest absolute Gasteiger partial charge is 0.480 e. The molecule has 19 heavy (non-hydrogen) atoms. The molecule has 6 heteroatoms. The number of thioether (sulfide) groups is 1. The molecule has 0 saturated carbocycles. The Morgan fingerprint density at radius 1 is 1.47 bits per heavy atom. The highest BCUT2D eigenvalue weighted by molar-refractivity contribution is 7.99. The zero-order chi connectivity index (χ0) is 13.8. The molecule has 1 amide bonds. The van der Waals surface area contributed by atoms with Gasteiger partial charge in [-0.05, 0) is 23.8 Å². The molecule has 1 aliphatic rings. The first kappa shape index (κ1) is 14.0. The summed E-state index contributed by atoms with van der Waals surface area (Å²) in [6, 6.07) is 6.36. The van der Waals surface area contributed by atoms with Gasteiger partial charge in [-0.1, -0.05) is 23.7 Å². The molecule has 0 spiro atoms. The average molecular weight is 298 g/mol. The summed E-state index contributed by atoms with van der Waals surface area (Å²) in [7, 11) is 0. The van der Waals surface area contributed by atoms with Crippen molar-refractivity contribution in [1.82, 2.24) is 4.90 Å². The summed E-state index contributed by atoms with van der Waals surface area (Å²) in [5.41, 5.74) is 0.805. The first-order valence-electron chi connectivity index (χ1n) is 5.63. The van der Waals surface area contributed by atoms with E-state index < -0.39 is 12.0 Å². The summed E-state index contributed by atoms with van der Waals surface area (Å²) >= 11 is 7.28. The SMILES string of the molecule is O=C(O)[C@@H]1CSCN1C(=O)/C=C/c1cccc(Cl)c1. The lowest BCUT2D eigenvalue weighted by Crippen LogP contribution is -2.40. The second kappa shape index (κ2) is 6.12. The molecule has 0 unspecified atom stereocenters. The van der Waals surface area contributed by atoms with Crippen molar-refractivity contribution in [3.05, 3.63) is 40.9 Å². The summed E-state index contributed by atoms with van der Waals surface area (Å²) in [6.45, 7) is 0. The molecule has 1 aromatic carbocycles. The van der Waals surface area contributed by atoms with Crippen LogP contribution in [0.2, 0.25) is 5.02 Å². The van der Waals surface area contributed by atoms with E-state index in [1.807, 2.05) is 6.07 Å². The number of hydrogen-bond acceptors (Lipinski definition) is 3. The van der Waals surface area contributed by atoms with Crippen LogP contribution in [0.25, 0.3) is 6.08 Å². The number of rotatable bonds is 3. The highest BCUT2D eigenvalue weighted by atomic mass is 35.5. The lowest BCUT2D eigenvalue weighted by molar-refractivity contribution is -0.146. The zero-order valence-corrected chi connectivity index (χ0v) is 11.5. The number of hydrogen-bond donors (Lipinski definition) is 1. The van der Waals surface area contributed by atoms with E-state index >= 15 is 0 Å². The molecule has 1 aromatic rings. The van der Waals surface area contributed by atoms with Crippen molar-refractivity contribution in [3.8, 4) is 0 Å². The number of halogens is 1. The standard InChI is InChI=1S/C13H12ClNO3S/c14-10-3-1-2-9(6-10)4-5-12(16)15-8-19-7-11(15)13(17)18/h1-6,11H,7-8H2,(H,17,18)/b5-4+/t11-/m0/s1. The van der Waals surface area contributed by atoms with Crippen molar-refractivity contribution >= 4 is 41.3 Å². The van der Waals surface area contributed by atoms with E-state index in [1.54, 1.807) is 24.3 Å². The van der Waals surface area contributed by atoms with Crippen LogP contribution in [0.3, 0.4) is 0 Å². The van der Waals surface area contributed by atoms with Gasteiger partial charge in [-0.25, -0.2) is 4.79 Å². The van der Waals surface area contributed by atoms with Gasteiger partial charge in [0.2, 0.25) is 5.91 Å². The number of nitrogens with zero attached hydrogens (tertiary/aromatic N) is 1. The number of carboxylic acids is 1. The molecule has 1 fully saturated rings. The minimum absolute atomic E-state index is 0.294. The molecule has 1 heterocycles. The monoisotopic (exact) mass is 297 g/mol. The van der Waals surface area contributed by atoms with Crippen LogP contribution in [0, 0.1) is 0 Å². The summed E-state index contributed by atoms with van der Waals surface area (Å²) < 4.78 is 0. The number of aliphatic carboxylic acids is 1. The molecular formula is C13H12ClNO3S. The number of carboxylic acid groups (broad SMARTS) is 1. The van der Waals surface area contributed by atoms with Crippen LogP contribution in [0.1, 0.15) is 5.56 Å². The molecule has 0 bridgehead atoms. The van der Waals surface area contributed by atoms with Crippen LogP contribution < -0.4 is 0 Å². The lowest BCUT2D eigenvalue weighted by Gasteiger charge is -2.18. The minimum atomic E-state index is -0.963. The summed E-state index contributed by atoms with van der Waals surface area (Å²) in [5.74, 6) is -0.409. The van der Waals surface area contributed by atoms with Crippen LogP contribution in [0.5, 0.6) is 0 Å². The number of carbonyl (C=O) groups is 2. The topological polar surface area (TPSA) is 57.6 Å². The number of carbonyl (C=O) groups excluding carboxylic acids is 1. The van der Waals surface area contributed by atoms with Crippen molar-refractivity contribution in [3.63, 3.8) is 0 Å². The fourth-order valence-electron chi connectivity index (χ4n) is 1.74. The molecule has 1 aliphatic heterocycles. The van der Waals surface area contributed by atoms with Gasteiger partial charge in [0.15, 0.2) is 0 Å². The molecule has 2 rings (SSSR count). The van der Waals surface area contributed by atoms with Crippen molar-refractivity contribution < 1.29 is 14.7 Å². The van der Waals surface area contributed by atoms with Gasteiger partial charge in [0.1, 0.15) is 6.04 Å². The van der Waals surface area contributed by atoms with Crippen LogP contribution in [0.4, 0.5) is 0 Å². The molecule has 0 radical (unpaired) electrons. The Morgan fingerprint density at radius 3 is 2.95 bits per heavy atom. The minimum Gasteiger partial charge on any atom is -0.480 e. The maximum atomic E-state index is 11.9. The Hall–Kier alpha value is -1.46. The molecule has 100 valence electrons. The van der Waals surface area contributed by atoms with Gasteiger partial charge < -0.3 is 10.0 Å². The third kappa shape index (κ3) is 3.52. The van der Waals surface area contributed by atoms with E-state index in [9.17, 15) is 9.59 Å². The Balaban J connectivity index is 2.06. The summed E-state index contributed by atoms with van der Waals surface area (Å²) in [4.78, 5) is 24.3. The van der Waals surface area contributed by atoms with E-state index in [0.29, 0.717) is 16.7 Å². The Bertz CT molecular complexity index is 532. The van der Waals surface area contributed by atoms with Crippen LogP contribution in [-0.4, -0.2) is 39.6 Å². The van der Waals surface area contributed by atoms with E-state index in [1.165, 1.54) is 22.7 Å². The van der Waals surface area contributed by atoms with Crippen LogP contribution in [0.15, 0.2) is 30.3 Å². The predicted molar refractivity (Wildman–Crippen MR) is 76.1 cm³/mol. The summed E-state index contributed by atoms with van der Waals surface area (Å²) in [6.07, 6.45) is 3.02. The molecule has 1 atom stereocenters.